The van der Waals surface area contributed by atoms with Crippen LogP contribution in [0, 0.1) is 5.82 Å². The van der Waals surface area contributed by atoms with Crippen LogP contribution < -0.4 is 5.32 Å². The summed E-state index contributed by atoms with van der Waals surface area (Å²) < 4.78 is 19.2. The average molecular weight is 369 g/mol. The van der Waals surface area contributed by atoms with Crippen molar-refractivity contribution in [3.63, 3.8) is 0 Å². The first-order chi connectivity index (χ1) is 8.15. The number of benzene rings is 1. The van der Waals surface area contributed by atoms with Crippen molar-refractivity contribution in [2.24, 2.45) is 0 Å². The highest BCUT2D eigenvalue weighted by Gasteiger charge is 2.10. The molecule has 17 heavy (non-hydrogen) atoms. The summed E-state index contributed by atoms with van der Waals surface area (Å²) in [6, 6.07) is 4.32. The van der Waals surface area contributed by atoms with Gasteiger partial charge >= 0.3 is 0 Å². The smallest absolute Gasteiger partial charge is 0.254 e. The van der Waals surface area contributed by atoms with Gasteiger partial charge in [0.25, 0.3) is 5.91 Å². The largest absolute Gasteiger partial charge is 0.379 e. The van der Waals surface area contributed by atoms with Gasteiger partial charge in [0.15, 0.2) is 0 Å². The van der Waals surface area contributed by atoms with E-state index in [-0.39, 0.29) is 5.56 Å². The molecule has 0 radical (unpaired) electrons. The Morgan fingerprint density at radius 3 is 2.82 bits per heavy atom. The fourth-order valence-corrected chi connectivity index (χ4v) is 1.72. The van der Waals surface area contributed by atoms with E-state index in [1.54, 1.807) is 6.07 Å². The number of carbonyl (C=O) groups excluding carboxylic acids is 1. The molecule has 1 amide bonds. The van der Waals surface area contributed by atoms with Gasteiger partial charge in [-0.05, 0) is 18.2 Å². The molecule has 0 unspecified atom stereocenters. The molecule has 0 saturated carbocycles. The van der Waals surface area contributed by atoms with Crippen LogP contribution in [-0.2, 0) is 4.74 Å². The van der Waals surface area contributed by atoms with Crippen molar-refractivity contribution < 1.29 is 13.9 Å². The highest BCUT2D eigenvalue weighted by atomic mass is 79.9. The van der Waals surface area contributed by atoms with Crippen molar-refractivity contribution in [3.8, 4) is 0 Å². The zero-order valence-electron chi connectivity index (χ0n) is 9.01. The van der Waals surface area contributed by atoms with Crippen LogP contribution in [-0.4, -0.2) is 31.0 Å². The number of alkyl halides is 1. The average Bonchev–Trinajstić information content (AvgIpc) is 2.28. The number of amides is 1. The van der Waals surface area contributed by atoms with Crippen LogP contribution in [0.25, 0.3) is 0 Å². The topological polar surface area (TPSA) is 38.3 Å². The van der Waals surface area contributed by atoms with E-state index in [2.05, 4.69) is 37.2 Å². The Morgan fingerprint density at radius 1 is 1.41 bits per heavy atom. The third-order valence-electron chi connectivity index (χ3n) is 1.93. The van der Waals surface area contributed by atoms with Crippen LogP contribution in [0.5, 0.6) is 0 Å². The molecule has 1 N–H and O–H groups in total. The maximum Gasteiger partial charge on any atom is 0.254 e. The Morgan fingerprint density at radius 2 is 2.18 bits per heavy atom. The molecule has 0 spiro atoms. The van der Waals surface area contributed by atoms with Gasteiger partial charge in [0.1, 0.15) is 5.82 Å². The second-order valence-electron chi connectivity index (χ2n) is 3.18. The van der Waals surface area contributed by atoms with E-state index in [0.29, 0.717) is 24.2 Å². The van der Waals surface area contributed by atoms with Gasteiger partial charge in [0.2, 0.25) is 0 Å². The second kappa shape index (κ2) is 7.79. The Kier molecular flexibility index (Phi) is 6.69. The van der Waals surface area contributed by atoms with Gasteiger partial charge in [-0.25, -0.2) is 4.39 Å². The lowest BCUT2D eigenvalue weighted by molar-refractivity contribution is 0.0920. The molecule has 94 valence electrons. The summed E-state index contributed by atoms with van der Waals surface area (Å²) in [6.45, 7) is 1.36. The number of carbonyl (C=O) groups is 1. The Balaban J connectivity index is 2.42. The van der Waals surface area contributed by atoms with Gasteiger partial charge in [-0.1, -0.05) is 31.9 Å². The second-order valence-corrected chi connectivity index (χ2v) is 4.89. The zero-order chi connectivity index (χ0) is 12.7. The fraction of sp³-hybridized carbons (Fsp3) is 0.364. The predicted octanol–water partition coefficient (Wildman–Crippen LogP) is 2.73. The van der Waals surface area contributed by atoms with Gasteiger partial charge in [-0.2, -0.15) is 0 Å². The lowest BCUT2D eigenvalue weighted by Crippen LogP contribution is -2.28. The highest BCUT2D eigenvalue weighted by Crippen LogP contribution is 2.14. The predicted molar refractivity (Wildman–Crippen MR) is 71.0 cm³/mol. The molecular weight excluding hydrogens is 357 g/mol. The number of hydrogen-bond acceptors (Lipinski definition) is 2. The third kappa shape index (κ3) is 5.14. The Bertz CT molecular complexity index is 388. The summed E-state index contributed by atoms with van der Waals surface area (Å²) >= 11 is 6.35. The molecule has 0 heterocycles. The van der Waals surface area contributed by atoms with Crippen LogP contribution in [0.1, 0.15) is 10.4 Å². The minimum atomic E-state index is -0.543. The molecule has 0 aliphatic carbocycles. The van der Waals surface area contributed by atoms with Crippen LogP contribution in [0.2, 0.25) is 0 Å². The van der Waals surface area contributed by atoms with E-state index in [0.717, 1.165) is 5.33 Å². The van der Waals surface area contributed by atoms with Crippen molar-refractivity contribution in [1.29, 1.82) is 0 Å². The Labute approximate surface area is 116 Å². The standard InChI is InChI=1S/C11H12Br2FNO2/c12-3-5-17-6-4-15-11(16)9-2-1-8(13)7-10(9)14/h1-2,7H,3-6H2,(H,15,16). The first kappa shape index (κ1) is 14.6. The zero-order valence-corrected chi connectivity index (χ0v) is 12.2. The van der Waals surface area contributed by atoms with Crippen LogP contribution in [0.4, 0.5) is 4.39 Å². The molecule has 0 atom stereocenters. The van der Waals surface area contributed by atoms with Crippen molar-refractivity contribution in [1.82, 2.24) is 5.32 Å². The number of ether oxygens (including phenoxy) is 1. The fourth-order valence-electron chi connectivity index (χ4n) is 1.16. The molecule has 3 nitrogen and oxygen atoms in total. The van der Waals surface area contributed by atoms with E-state index in [1.807, 2.05) is 0 Å². The van der Waals surface area contributed by atoms with Crippen LogP contribution in [0.3, 0.4) is 0 Å². The van der Waals surface area contributed by atoms with Gasteiger partial charge < -0.3 is 10.1 Å². The van der Waals surface area contributed by atoms with E-state index >= 15 is 0 Å². The summed E-state index contributed by atoms with van der Waals surface area (Å²) in [7, 11) is 0. The molecular formula is C11H12Br2FNO2. The van der Waals surface area contributed by atoms with Gasteiger partial charge in [0.05, 0.1) is 18.8 Å². The minimum absolute atomic E-state index is 0.0358. The van der Waals surface area contributed by atoms with Crippen molar-refractivity contribution in [2.45, 2.75) is 0 Å². The van der Waals surface area contributed by atoms with E-state index in [4.69, 9.17) is 4.74 Å². The number of rotatable bonds is 6. The molecule has 0 fully saturated rings. The first-order valence-corrected chi connectivity index (χ1v) is 6.93. The van der Waals surface area contributed by atoms with Crippen molar-refractivity contribution >= 4 is 37.8 Å². The molecule has 0 bridgehead atoms. The van der Waals surface area contributed by atoms with Crippen LogP contribution >= 0.6 is 31.9 Å². The summed E-state index contributed by atoms with van der Waals surface area (Å²) in [5.41, 5.74) is 0.0358. The summed E-state index contributed by atoms with van der Waals surface area (Å²) in [5.74, 6) is -0.976. The molecule has 0 aliphatic heterocycles. The maximum atomic E-state index is 13.4. The molecule has 6 heteroatoms. The molecule has 1 rings (SSSR count). The third-order valence-corrected chi connectivity index (χ3v) is 2.75. The Hall–Kier alpha value is -0.460. The molecule has 1 aromatic rings. The first-order valence-electron chi connectivity index (χ1n) is 5.02. The monoisotopic (exact) mass is 367 g/mol. The van der Waals surface area contributed by atoms with E-state index < -0.39 is 11.7 Å². The molecule has 0 aliphatic rings. The molecule has 0 saturated heterocycles. The quantitative estimate of drug-likeness (QED) is 0.619. The number of halogens is 3. The normalized spacial score (nSPS) is 10.3. The minimum Gasteiger partial charge on any atom is -0.379 e. The number of nitrogens with one attached hydrogen (secondary N) is 1. The SMILES string of the molecule is O=C(NCCOCCBr)c1ccc(Br)cc1F. The van der Waals surface area contributed by atoms with Gasteiger partial charge in [-0.15, -0.1) is 0 Å². The van der Waals surface area contributed by atoms with Crippen molar-refractivity contribution in [2.75, 3.05) is 25.1 Å². The van der Waals surface area contributed by atoms with Crippen LogP contribution in [0.15, 0.2) is 22.7 Å². The maximum absolute atomic E-state index is 13.4. The highest BCUT2D eigenvalue weighted by molar-refractivity contribution is 9.10. The summed E-state index contributed by atoms with van der Waals surface area (Å²) in [5, 5.41) is 3.34. The van der Waals surface area contributed by atoms with Gasteiger partial charge in [0, 0.05) is 16.3 Å². The van der Waals surface area contributed by atoms with Gasteiger partial charge in [-0.3, -0.25) is 4.79 Å². The summed E-state index contributed by atoms with van der Waals surface area (Å²) in [6.07, 6.45) is 0. The molecule has 1 aromatic carbocycles. The lowest BCUT2D eigenvalue weighted by Gasteiger charge is -2.06. The summed E-state index contributed by atoms with van der Waals surface area (Å²) in [4.78, 5) is 11.6. The lowest BCUT2D eigenvalue weighted by atomic mass is 10.2. The van der Waals surface area contributed by atoms with E-state index in [1.165, 1.54) is 12.1 Å². The van der Waals surface area contributed by atoms with E-state index in [9.17, 15) is 9.18 Å². The van der Waals surface area contributed by atoms with Crippen molar-refractivity contribution in [3.05, 3.63) is 34.1 Å². The molecule has 0 aromatic heterocycles. The number of hydrogen-bond donors (Lipinski definition) is 1.